The maximum absolute atomic E-state index is 11.5. The highest BCUT2D eigenvalue weighted by atomic mass is 16.4. The molecule has 0 saturated carbocycles. The number of carbonyl (C=O) groups excluding carboxylic acids is 1. The molecular weight excluding hydrogens is 236 g/mol. The van der Waals surface area contributed by atoms with Crippen molar-refractivity contribution in [2.45, 2.75) is 38.8 Å². The summed E-state index contributed by atoms with van der Waals surface area (Å²) < 4.78 is 5.04. The van der Waals surface area contributed by atoms with Gasteiger partial charge < -0.3 is 20.2 Å². The summed E-state index contributed by atoms with van der Waals surface area (Å²) in [6.07, 6.45) is 3.59. The van der Waals surface area contributed by atoms with Crippen molar-refractivity contribution in [2.75, 3.05) is 0 Å². The van der Waals surface area contributed by atoms with E-state index in [4.69, 9.17) is 9.52 Å². The Morgan fingerprint density at radius 1 is 1.50 bits per heavy atom. The second kappa shape index (κ2) is 7.37. The first-order chi connectivity index (χ1) is 8.63. The van der Waals surface area contributed by atoms with Gasteiger partial charge in [0.2, 0.25) is 0 Å². The minimum Gasteiger partial charge on any atom is -0.480 e. The van der Waals surface area contributed by atoms with Crippen LogP contribution in [0.15, 0.2) is 22.8 Å². The molecule has 1 heterocycles. The Kier molecular flexibility index (Phi) is 5.76. The van der Waals surface area contributed by atoms with Gasteiger partial charge in [-0.3, -0.25) is 0 Å². The lowest BCUT2D eigenvalue weighted by molar-refractivity contribution is -0.139. The Morgan fingerprint density at radius 2 is 2.28 bits per heavy atom. The number of nitrogens with one attached hydrogen (secondary N) is 2. The zero-order valence-electron chi connectivity index (χ0n) is 10.3. The topological polar surface area (TPSA) is 91.6 Å². The monoisotopic (exact) mass is 254 g/mol. The molecule has 1 atom stereocenters. The second-order valence-electron chi connectivity index (χ2n) is 3.94. The molecule has 0 bridgehead atoms. The fraction of sp³-hybridized carbons (Fsp3) is 0.500. The van der Waals surface area contributed by atoms with Gasteiger partial charge in [0.05, 0.1) is 12.8 Å². The zero-order valence-corrected chi connectivity index (χ0v) is 10.3. The minimum atomic E-state index is -1.02. The van der Waals surface area contributed by atoms with Gasteiger partial charge >= 0.3 is 12.0 Å². The van der Waals surface area contributed by atoms with Crippen molar-refractivity contribution >= 4 is 12.0 Å². The predicted molar refractivity (Wildman–Crippen MR) is 65.0 cm³/mol. The molecule has 1 rings (SSSR count). The predicted octanol–water partition coefficient (Wildman–Crippen LogP) is 1.72. The maximum atomic E-state index is 11.5. The van der Waals surface area contributed by atoms with Crippen molar-refractivity contribution in [2.24, 2.45) is 0 Å². The first-order valence-corrected chi connectivity index (χ1v) is 5.93. The Hall–Kier alpha value is -1.98. The molecule has 100 valence electrons. The van der Waals surface area contributed by atoms with Crippen molar-refractivity contribution in [1.82, 2.24) is 10.6 Å². The highest BCUT2D eigenvalue weighted by Crippen LogP contribution is 2.01. The van der Waals surface area contributed by atoms with E-state index in [1.807, 2.05) is 6.92 Å². The molecule has 0 radical (unpaired) electrons. The number of carbonyl (C=O) groups is 2. The van der Waals surface area contributed by atoms with E-state index in [0.29, 0.717) is 12.2 Å². The van der Waals surface area contributed by atoms with Crippen LogP contribution < -0.4 is 10.6 Å². The molecule has 6 nitrogen and oxygen atoms in total. The molecule has 0 unspecified atom stereocenters. The van der Waals surface area contributed by atoms with Crippen LogP contribution in [0.1, 0.15) is 31.9 Å². The largest absolute Gasteiger partial charge is 0.480 e. The average molecular weight is 254 g/mol. The molecule has 0 aromatic carbocycles. The van der Waals surface area contributed by atoms with Crippen molar-refractivity contribution in [3.63, 3.8) is 0 Å². The second-order valence-corrected chi connectivity index (χ2v) is 3.94. The summed E-state index contributed by atoms with van der Waals surface area (Å²) >= 11 is 0. The molecule has 1 aromatic heterocycles. The van der Waals surface area contributed by atoms with E-state index in [-0.39, 0.29) is 6.54 Å². The third-order valence-corrected chi connectivity index (χ3v) is 2.45. The van der Waals surface area contributed by atoms with E-state index in [0.717, 1.165) is 12.8 Å². The molecule has 0 aliphatic rings. The summed E-state index contributed by atoms with van der Waals surface area (Å²) in [5, 5.41) is 13.9. The molecule has 0 fully saturated rings. The maximum Gasteiger partial charge on any atom is 0.326 e. The van der Waals surface area contributed by atoms with Gasteiger partial charge in [-0.1, -0.05) is 19.8 Å². The van der Waals surface area contributed by atoms with Gasteiger partial charge in [-0.05, 0) is 18.6 Å². The number of unbranched alkanes of at least 4 members (excludes halogenated alkanes) is 1. The number of hydrogen-bond donors (Lipinski definition) is 3. The molecule has 2 amide bonds. The number of urea groups is 1. The van der Waals surface area contributed by atoms with Crippen LogP contribution in [0.2, 0.25) is 0 Å². The van der Waals surface area contributed by atoms with Gasteiger partial charge in [0.15, 0.2) is 0 Å². The van der Waals surface area contributed by atoms with Crippen LogP contribution in [0.4, 0.5) is 4.79 Å². The Bertz CT molecular complexity index is 375. The van der Waals surface area contributed by atoms with Gasteiger partial charge in [-0.2, -0.15) is 0 Å². The van der Waals surface area contributed by atoms with E-state index in [1.54, 1.807) is 12.1 Å². The summed E-state index contributed by atoms with van der Waals surface area (Å²) in [6, 6.07) is 2.10. The number of carboxylic acids is 1. The normalized spacial score (nSPS) is 11.8. The van der Waals surface area contributed by atoms with Crippen LogP contribution in [0.5, 0.6) is 0 Å². The molecule has 1 aromatic rings. The number of carboxylic acid groups (broad SMARTS) is 1. The fourth-order valence-electron chi connectivity index (χ4n) is 1.46. The summed E-state index contributed by atoms with van der Waals surface area (Å²) in [7, 11) is 0. The number of aliphatic carboxylic acids is 1. The van der Waals surface area contributed by atoms with E-state index in [9.17, 15) is 9.59 Å². The van der Waals surface area contributed by atoms with Crippen LogP contribution in [0.25, 0.3) is 0 Å². The summed E-state index contributed by atoms with van der Waals surface area (Å²) in [4.78, 5) is 22.4. The van der Waals surface area contributed by atoms with Gasteiger partial charge in [-0.15, -0.1) is 0 Å². The number of hydrogen-bond acceptors (Lipinski definition) is 3. The first kappa shape index (κ1) is 14.1. The third-order valence-electron chi connectivity index (χ3n) is 2.45. The van der Waals surface area contributed by atoms with Gasteiger partial charge in [-0.25, -0.2) is 9.59 Å². The lowest BCUT2D eigenvalue weighted by atomic mass is 10.1. The summed E-state index contributed by atoms with van der Waals surface area (Å²) in [5.41, 5.74) is 0. The molecule has 0 aliphatic carbocycles. The van der Waals surface area contributed by atoms with Crippen molar-refractivity contribution in [1.29, 1.82) is 0 Å². The number of rotatable bonds is 7. The Morgan fingerprint density at radius 3 is 2.83 bits per heavy atom. The molecule has 0 saturated heterocycles. The van der Waals surface area contributed by atoms with E-state index in [2.05, 4.69) is 10.6 Å². The average Bonchev–Trinajstić information content (AvgIpc) is 2.84. The van der Waals surface area contributed by atoms with E-state index in [1.165, 1.54) is 6.26 Å². The van der Waals surface area contributed by atoms with Crippen LogP contribution >= 0.6 is 0 Å². The molecule has 18 heavy (non-hydrogen) atoms. The summed E-state index contributed by atoms with van der Waals surface area (Å²) in [5.74, 6) is -0.401. The molecule has 6 heteroatoms. The highest BCUT2D eigenvalue weighted by Gasteiger charge is 2.18. The summed E-state index contributed by atoms with van der Waals surface area (Å²) in [6.45, 7) is 2.20. The van der Waals surface area contributed by atoms with Crippen molar-refractivity contribution in [3.8, 4) is 0 Å². The Balaban J connectivity index is 2.34. The van der Waals surface area contributed by atoms with Crippen LogP contribution in [0, 0.1) is 0 Å². The highest BCUT2D eigenvalue weighted by molar-refractivity contribution is 5.82. The van der Waals surface area contributed by atoms with Gasteiger partial charge in [0.1, 0.15) is 11.8 Å². The lowest BCUT2D eigenvalue weighted by Crippen LogP contribution is -2.45. The van der Waals surface area contributed by atoms with Crippen LogP contribution in [-0.2, 0) is 11.3 Å². The van der Waals surface area contributed by atoms with Gasteiger partial charge in [0.25, 0.3) is 0 Å². The molecule has 0 spiro atoms. The van der Waals surface area contributed by atoms with Crippen LogP contribution in [0.3, 0.4) is 0 Å². The van der Waals surface area contributed by atoms with Gasteiger partial charge in [0, 0.05) is 0 Å². The number of furan rings is 1. The Labute approximate surface area is 105 Å². The van der Waals surface area contributed by atoms with Crippen molar-refractivity contribution in [3.05, 3.63) is 24.2 Å². The van der Waals surface area contributed by atoms with E-state index < -0.39 is 18.0 Å². The minimum absolute atomic E-state index is 0.235. The molecule has 0 aliphatic heterocycles. The van der Waals surface area contributed by atoms with Crippen molar-refractivity contribution < 1.29 is 19.1 Å². The number of amides is 2. The van der Waals surface area contributed by atoms with E-state index >= 15 is 0 Å². The standard InChI is InChI=1S/C12H18N2O4/c1-2-3-6-10(11(15)16)14-12(17)13-8-9-5-4-7-18-9/h4-5,7,10H,2-3,6,8H2,1H3,(H,15,16)(H2,13,14,17)/t10-/m0/s1. The molecule has 3 N–H and O–H groups in total. The molecular formula is C12H18N2O4. The fourth-order valence-corrected chi connectivity index (χ4v) is 1.46. The third kappa shape index (κ3) is 4.90. The first-order valence-electron chi connectivity index (χ1n) is 5.93. The smallest absolute Gasteiger partial charge is 0.326 e. The van der Waals surface area contributed by atoms with Crippen LogP contribution in [-0.4, -0.2) is 23.1 Å². The lowest BCUT2D eigenvalue weighted by Gasteiger charge is -2.14. The quantitative estimate of drug-likeness (QED) is 0.691. The SMILES string of the molecule is CCCC[C@H](NC(=O)NCc1ccco1)C(=O)O. The zero-order chi connectivity index (χ0) is 13.4.